The molecule has 0 spiro atoms. The van der Waals surface area contributed by atoms with Crippen molar-refractivity contribution in [2.45, 2.75) is 38.5 Å². The zero-order valence-electron chi connectivity index (χ0n) is 9.20. The summed E-state index contributed by atoms with van der Waals surface area (Å²) in [5.41, 5.74) is 0. The lowest BCUT2D eigenvalue weighted by Gasteiger charge is -2.10. The summed E-state index contributed by atoms with van der Waals surface area (Å²) in [7, 11) is 1.32. The predicted octanol–water partition coefficient (Wildman–Crippen LogP) is 2.26. The van der Waals surface area contributed by atoms with Crippen LogP contribution in [0.25, 0.3) is 0 Å². The minimum absolute atomic E-state index is 0.0139. The molecule has 0 heterocycles. The number of carbonyl (C=O) groups excluding carboxylic acids is 2. The van der Waals surface area contributed by atoms with Gasteiger partial charge in [0.2, 0.25) is 0 Å². The van der Waals surface area contributed by atoms with Crippen LogP contribution >= 0.6 is 0 Å². The number of methoxy groups -OCH3 is 1. The summed E-state index contributed by atoms with van der Waals surface area (Å²) < 4.78 is 4.62. The van der Waals surface area contributed by atoms with Gasteiger partial charge >= 0.3 is 5.97 Å². The number of hydrogen-bond donors (Lipinski definition) is 0. The van der Waals surface area contributed by atoms with Gasteiger partial charge in [-0.05, 0) is 19.3 Å². The number of allylic oxidation sites excluding steroid dienone is 1. The lowest BCUT2D eigenvalue weighted by molar-refractivity contribution is -0.147. The molecule has 0 saturated carbocycles. The molecule has 0 amide bonds. The first-order chi connectivity index (χ1) is 7.25. The van der Waals surface area contributed by atoms with E-state index < -0.39 is 11.9 Å². The van der Waals surface area contributed by atoms with E-state index in [4.69, 9.17) is 0 Å². The minimum Gasteiger partial charge on any atom is -0.468 e. The van der Waals surface area contributed by atoms with Gasteiger partial charge in [-0.15, -0.1) is 0 Å². The van der Waals surface area contributed by atoms with Crippen molar-refractivity contribution in [2.75, 3.05) is 7.11 Å². The summed E-state index contributed by atoms with van der Waals surface area (Å²) in [4.78, 5) is 23.0. The molecule has 0 fully saturated rings. The van der Waals surface area contributed by atoms with Crippen LogP contribution in [0.4, 0.5) is 0 Å². The monoisotopic (exact) mass is 210 g/mol. The van der Waals surface area contributed by atoms with Crippen LogP contribution in [0, 0.1) is 5.92 Å². The van der Waals surface area contributed by atoms with Crippen molar-refractivity contribution < 1.29 is 14.3 Å². The van der Waals surface area contributed by atoms with Gasteiger partial charge in [-0.2, -0.15) is 0 Å². The third-order valence-electron chi connectivity index (χ3n) is 2.67. The van der Waals surface area contributed by atoms with E-state index in [0.29, 0.717) is 6.42 Å². The van der Waals surface area contributed by atoms with Gasteiger partial charge in [0, 0.05) is 6.42 Å². The highest BCUT2D eigenvalue weighted by Gasteiger charge is 2.23. The molecular weight excluding hydrogens is 192 g/mol. The summed E-state index contributed by atoms with van der Waals surface area (Å²) >= 11 is 0. The highest BCUT2D eigenvalue weighted by atomic mass is 16.5. The van der Waals surface area contributed by atoms with Gasteiger partial charge in [0.15, 0.2) is 5.78 Å². The van der Waals surface area contributed by atoms with Crippen molar-refractivity contribution >= 4 is 11.8 Å². The van der Waals surface area contributed by atoms with Crippen LogP contribution in [0.5, 0.6) is 0 Å². The van der Waals surface area contributed by atoms with E-state index in [-0.39, 0.29) is 5.78 Å². The molecular formula is C12H18O3. The first-order valence-electron chi connectivity index (χ1n) is 5.53. The number of ether oxygens (including phenoxy) is 1. The molecule has 1 unspecified atom stereocenters. The van der Waals surface area contributed by atoms with Crippen molar-refractivity contribution in [3.8, 4) is 0 Å². The summed E-state index contributed by atoms with van der Waals surface area (Å²) in [6, 6.07) is 0. The van der Waals surface area contributed by atoms with Crippen LogP contribution in [-0.4, -0.2) is 18.9 Å². The van der Waals surface area contributed by atoms with Gasteiger partial charge in [-0.1, -0.05) is 25.0 Å². The first kappa shape index (κ1) is 12.0. The van der Waals surface area contributed by atoms with Gasteiger partial charge in [-0.3, -0.25) is 9.59 Å². The molecule has 1 aliphatic rings. The fourth-order valence-corrected chi connectivity index (χ4v) is 1.75. The van der Waals surface area contributed by atoms with Gasteiger partial charge in [-0.25, -0.2) is 0 Å². The number of carbonyl (C=O) groups is 2. The Morgan fingerprint density at radius 2 is 2.07 bits per heavy atom. The van der Waals surface area contributed by atoms with Crippen molar-refractivity contribution in [2.24, 2.45) is 5.92 Å². The Hall–Kier alpha value is -1.12. The van der Waals surface area contributed by atoms with E-state index in [9.17, 15) is 9.59 Å². The molecule has 84 valence electrons. The maximum absolute atomic E-state index is 11.7. The smallest absolute Gasteiger partial charge is 0.320 e. The maximum atomic E-state index is 11.7. The summed E-state index contributed by atoms with van der Waals surface area (Å²) in [5.74, 6) is -1.12. The van der Waals surface area contributed by atoms with Gasteiger partial charge in [0.05, 0.1) is 7.11 Å². The van der Waals surface area contributed by atoms with E-state index in [2.05, 4.69) is 4.74 Å². The molecule has 0 N–H and O–H groups in total. The average molecular weight is 210 g/mol. The second kappa shape index (κ2) is 6.38. The van der Waals surface area contributed by atoms with Crippen molar-refractivity contribution in [1.82, 2.24) is 0 Å². The SMILES string of the molecule is COC(=O)C1/C=C/CCCCCCC1=O. The largest absolute Gasteiger partial charge is 0.468 e. The molecule has 15 heavy (non-hydrogen) atoms. The number of rotatable bonds is 1. The van der Waals surface area contributed by atoms with E-state index in [0.717, 1.165) is 25.7 Å². The zero-order valence-corrected chi connectivity index (χ0v) is 9.20. The van der Waals surface area contributed by atoms with Crippen molar-refractivity contribution in [3.05, 3.63) is 12.2 Å². The summed E-state index contributed by atoms with van der Waals surface area (Å²) in [6.45, 7) is 0. The Bertz CT molecular complexity index is 256. The van der Waals surface area contributed by atoms with Crippen LogP contribution in [0.15, 0.2) is 12.2 Å². The molecule has 1 aliphatic carbocycles. The number of Topliss-reactive ketones (excluding diaryl/α,β-unsaturated/α-hetero) is 1. The predicted molar refractivity (Wildman–Crippen MR) is 57.4 cm³/mol. The fourth-order valence-electron chi connectivity index (χ4n) is 1.75. The molecule has 3 nitrogen and oxygen atoms in total. The standard InChI is InChI=1S/C12H18O3/c1-15-12(14)10-8-6-4-2-3-5-7-9-11(10)13/h6,8,10H,2-5,7,9H2,1H3/b8-6+. The molecule has 0 radical (unpaired) electrons. The molecule has 1 atom stereocenters. The highest BCUT2D eigenvalue weighted by molar-refractivity contribution is 6.00. The van der Waals surface area contributed by atoms with Crippen LogP contribution in [0.2, 0.25) is 0 Å². The molecule has 0 aromatic carbocycles. The zero-order chi connectivity index (χ0) is 11.1. The number of esters is 1. The van der Waals surface area contributed by atoms with Gasteiger partial charge in [0.1, 0.15) is 5.92 Å². The van der Waals surface area contributed by atoms with E-state index in [1.807, 2.05) is 6.08 Å². The lowest BCUT2D eigenvalue weighted by atomic mass is 9.96. The van der Waals surface area contributed by atoms with Crippen LogP contribution in [0.1, 0.15) is 38.5 Å². The summed E-state index contributed by atoms with van der Waals surface area (Å²) in [5, 5.41) is 0. The maximum Gasteiger partial charge on any atom is 0.320 e. The molecule has 0 aliphatic heterocycles. The van der Waals surface area contributed by atoms with Crippen LogP contribution in [0.3, 0.4) is 0 Å². The molecule has 3 heteroatoms. The Labute approximate surface area is 90.5 Å². The molecule has 1 rings (SSSR count). The van der Waals surface area contributed by atoms with Crippen molar-refractivity contribution in [3.63, 3.8) is 0 Å². The second-order valence-electron chi connectivity index (χ2n) is 3.85. The summed E-state index contributed by atoms with van der Waals surface area (Å²) in [6.07, 6.45) is 9.32. The number of hydrogen-bond acceptors (Lipinski definition) is 3. The highest BCUT2D eigenvalue weighted by Crippen LogP contribution is 2.15. The molecule has 0 saturated heterocycles. The van der Waals surface area contributed by atoms with Crippen LogP contribution < -0.4 is 0 Å². The van der Waals surface area contributed by atoms with Gasteiger partial charge in [0.25, 0.3) is 0 Å². The Morgan fingerprint density at radius 1 is 1.33 bits per heavy atom. The average Bonchev–Trinajstić information content (AvgIpc) is 2.26. The third-order valence-corrected chi connectivity index (χ3v) is 2.67. The molecule has 0 aromatic heterocycles. The minimum atomic E-state index is -0.673. The number of ketones is 1. The second-order valence-corrected chi connectivity index (χ2v) is 3.85. The van der Waals surface area contributed by atoms with Gasteiger partial charge < -0.3 is 4.74 Å². The van der Waals surface area contributed by atoms with Crippen molar-refractivity contribution in [1.29, 1.82) is 0 Å². The lowest BCUT2D eigenvalue weighted by Crippen LogP contribution is -2.23. The van der Waals surface area contributed by atoms with E-state index in [1.165, 1.54) is 13.5 Å². The third kappa shape index (κ3) is 3.86. The normalized spacial score (nSPS) is 25.7. The van der Waals surface area contributed by atoms with Crippen LogP contribution in [-0.2, 0) is 14.3 Å². The fraction of sp³-hybridized carbons (Fsp3) is 0.667. The Morgan fingerprint density at radius 3 is 2.80 bits per heavy atom. The topological polar surface area (TPSA) is 43.4 Å². The van der Waals surface area contributed by atoms with E-state index in [1.54, 1.807) is 6.08 Å². The Kier molecular flexibility index (Phi) is 5.08. The first-order valence-corrected chi connectivity index (χ1v) is 5.53. The molecule has 0 aromatic rings. The van der Waals surface area contributed by atoms with E-state index >= 15 is 0 Å². The quantitative estimate of drug-likeness (QED) is 0.379. The molecule has 0 bridgehead atoms. The Balaban J connectivity index is 2.68.